The van der Waals surface area contributed by atoms with Gasteiger partial charge in [0.2, 0.25) is 0 Å². The molecular weight excluding hydrogens is 465 g/mol. The summed E-state index contributed by atoms with van der Waals surface area (Å²) in [4.78, 5) is 6.01. The van der Waals surface area contributed by atoms with Crippen LogP contribution < -0.4 is 0 Å². The third-order valence-corrected chi connectivity index (χ3v) is 8.17. The molecule has 3 aromatic heterocycles. The second-order valence-electron chi connectivity index (χ2n) is 8.06. The van der Waals surface area contributed by atoms with Crippen LogP contribution in [-0.2, 0) is 12.3 Å². The molecule has 0 fully saturated rings. The fourth-order valence-corrected chi connectivity index (χ4v) is 6.03. The molecule has 0 radical (unpaired) electrons. The van der Waals surface area contributed by atoms with Crippen LogP contribution in [-0.4, -0.2) is 19.7 Å². The Morgan fingerprint density at radius 2 is 1.73 bits per heavy atom. The van der Waals surface area contributed by atoms with E-state index in [0.717, 1.165) is 38.9 Å². The summed E-state index contributed by atoms with van der Waals surface area (Å²) < 4.78 is 2.21. The highest BCUT2D eigenvalue weighted by molar-refractivity contribution is 7.98. The molecule has 0 spiro atoms. The van der Waals surface area contributed by atoms with Crippen molar-refractivity contribution < 1.29 is 0 Å². The van der Waals surface area contributed by atoms with E-state index in [4.69, 9.17) is 4.98 Å². The Labute approximate surface area is 206 Å². The van der Waals surface area contributed by atoms with Crippen LogP contribution in [0.25, 0.3) is 21.3 Å². The summed E-state index contributed by atoms with van der Waals surface area (Å²) in [6.45, 7) is 5.18. The minimum Gasteiger partial charge on any atom is -0.297 e. The second kappa shape index (κ2) is 10.0. The summed E-state index contributed by atoms with van der Waals surface area (Å²) in [5.41, 5.74) is 4.83. The first-order valence-electron chi connectivity index (χ1n) is 10.9. The first-order chi connectivity index (χ1) is 16.2. The lowest BCUT2D eigenvalue weighted by molar-refractivity contribution is 0.715. The fraction of sp³-hybridized carbons (Fsp3) is 0.192. The number of hydrogen-bond donors (Lipinski definition) is 0. The van der Waals surface area contributed by atoms with E-state index in [1.54, 1.807) is 34.4 Å². The lowest BCUT2D eigenvalue weighted by Crippen LogP contribution is -2.03. The van der Waals surface area contributed by atoms with Gasteiger partial charge in [0.05, 0.1) is 17.1 Å². The second-order valence-corrected chi connectivity index (χ2v) is 10.8. The minimum absolute atomic E-state index is 0.537. The van der Waals surface area contributed by atoms with Crippen molar-refractivity contribution in [2.24, 2.45) is 0 Å². The van der Waals surface area contributed by atoms with Gasteiger partial charge in [0.15, 0.2) is 11.0 Å². The van der Waals surface area contributed by atoms with Gasteiger partial charge < -0.3 is 0 Å². The SMILES string of the molecule is CC(C)c1ccc(-c2nc(CSc3nnc(-c4cccs4)n3Cc3ccccc3)cs2)cc1. The molecule has 4 nitrogen and oxygen atoms in total. The van der Waals surface area contributed by atoms with Gasteiger partial charge in [0.1, 0.15) is 5.01 Å². The number of rotatable bonds is 8. The average molecular weight is 489 g/mol. The van der Waals surface area contributed by atoms with Crippen molar-refractivity contribution in [1.82, 2.24) is 19.7 Å². The number of aromatic nitrogens is 4. The molecule has 0 amide bonds. The first-order valence-corrected chi connectivity index (χ1v) is 13.6. The number of thiophene rings is 1. The van der Waals surface area contributed by atoms with Gasteiger partial charge in [-0.1, -0.05) is 86.3 Å². The highest BCUT2D eigenvalue weighted by Gasteiger charge is 2.16. The van der Waals surface area contributed by atoms with Crippen LogP contribution in [0.15, 0.2) is 82.6 Å². The number of thiazole rings is 1. The number of hydrogen-bond acceptors (Lipinski definition) is 6. The zero-order valence-electron chi connectivity index (χ0n) is 18.5. The Hall–Kier alpha value is -2.74. The van der Waals surface area contributed by atoms with Gasteiger partial charge in [-0.15, -0.1) is 32.9 Å². The van der Waals surface area contributed by atoms with Gasteiger partial charge in [-0.05, 0) is 28.5 Å². The molecule has 3 heterocycles. The topological polar surface area (TPSA) is 43.6 Å². The van der Waals surface area contributed by atoms with Crippen LogP contribution in [0.5, 0.6) is 0 Å². The summed E-state index contributed by atoms with van der Waals surface area (Å²) in [7, 11) is 0. The van der Waals surface area contributed by atoms with Crippen molar-refractivity contribution in [2.75, 3.05) is 0 Å². The maximum atomic E-state index is 4.88. The third-order valence-electron chi connectivity index (χ3n) is 5.37. The quantitative estimate of drug-likeness (QED) is 0.211. The zero-order valence-corrected chi connectivity index (χ0v) is 21.0. The van der Waals surface area contributed by atoms with Crippen LogP contribution in [0.1, 0.15) is 36.6 Å². The molecule has 33 heavy (non-hydrogen) atoms. The molecule has 0 saturated carbocycles. The third kappa shape index (κ3) is 5.11. The predicted octanol–water partition coefficient (Wildman–Crippen LogP) is 7.59. The van der Waals surface area contributed by atoms with E-state index in [2.05, 4.69) is 100 Å². The lowest BCUT2D eigenvalue weighted by Gasteiger charge is -2.09. The van der Waals surface area contributed by atoms with Gasteiger partial charge in [0.25, 0.3) is 0 Å². The van der Waals surface area contributed by atoms with Crippen molar-refractivity contribution in [3.63, 3.8) is 0 Å². The van der Waals surface area contributed by atoms with E-state index in [9.17, 15) is 0 Å². The zero-order chi connectivity index (χ0) is 22.6. The molecule has 0 N–H and O–H groups in total. The molecule has 5 rings (SSSR count). The van der Waals surface area contributed by atoms with Crippen LogP contribution in [0.4, 0.5) is 0 Å². The molecule has 0 aliphatic heterocycles. The fourth-order valence-electron chi connectivity index (χ4n) is 3.55. The van der Waals surface area contributed by atoms with E-state index in [0.29, 0.717) is 5.92 Å². The van der Waals surface area contributed by atoms with Gasteiger partial charge in [-0.25, -0.2) is 4.98 Å². The summed E-state index contributed by atoms with van der Waals surface area (Å²) in [5, 5.41) is 15.3. The normalized spacial score (nSPS) is 11.4. The van der Waals surface area contributed by atoms with Gasteiger partial charge in [-0.3, -0.25) is 4.57 Å². The van der Waals surface area contributed by atoms with Gasteiger partial charge in [-0.2, -0.15) is 0 Å². The molecular formula is C26H24N4S3. The highest BCUT2D eigenvalue weighted by atomic mass is 32.2. The molecule has 7 heteroatoms. The van der Waals surface area contributed by atoms with Crippen molar-refractivity contribution >= 4 is 34.4 Å². The summed E-state index contributed by atoms with van der Waals surface area (Å²) in [6.07, 6.45) is 0. The summed E-state index contributed by atoms with van der Waals surface area (Å²) >= 11 is 5.08. The average Bonchev–Trinajstić information content (AvgIpc) is 3.60. The molecule has 5 aromatic rings. The molecule has 0 aliphatic rings. The molecule has 0 atom stereocenters. The number of thioether (sulfide) groups is 1. The minimum atomic E-state index is 0.537. The van der Waals surface area contributed by atoms with Crippen molar-refractivity contribution in [3.05, 3.63) is 94.3 Å². The van der Waals surface area contributed by atoms with Crippen LogP contribution in [0.2, 0.25) is 0 Å². The van der Waals surface area contributed by atoms with E-state index in [-0.39, 0.29) is 0 Å². The Morgan fingerprint density at radius 1 is 0.909 bits per heavy atom. The van der Waals surface area contributed by atoms with Gasteiger partial charge in [0, 0.05) is 16.7 Å². The first kappa shape index (κ1) is 22.1. The number of nitrogens with zero attached hydrogens (tertiary/aromatic N) is 4. The van der Waals surface area contributed by atoms with Crippen LogP contribution >= 0.6 is 34.4 Å². The maximum absolute atomic E-state index is 4.88. The summed E-state index contributed by atoms with van der Waals surface area (Å²) in [5.74, 6) is 2.22. The number of benzene rings is 2. The molecule has 0 unspecified atom stereocenters. The standard InChI is InChI=1S/C26H24N4S3/c1-18(2)20-10-12-21(13-11-20)25-27-22(16-32-25)17-33-26-29-28-24(23-9-6-14-31-23)30(26)15-19-7-4-3-5-8-19/h3-14,16,18H,15,17H2,1-2H3. The van der Waals surface area contributed by atoms with E-state index in [1.807, 2.05) is 6.07 Å². The van der Waals surface area contributed by atoms with Crippen molar-refractivity contribution in [1.29, 1.82) is 0 Å². The molecule has 0 saturated heterocycles. The maximum Gasteiger partial charge on any atom is 0.192 e. The van der Waals surface area contributed by atoms with E-state index < -0.39 is 0 Å². The molecule has 0 bridgehead atoms. The Morgan fingerprint density at radius 3 is 2.45 bits per heavy atom. The smallest absolute Gasteiger partial charge is 0.192 e. The van der Waals surface area contributed by atoms with E-state index >= 15 is 0 Å². The Bertz CT molecular complexity index is 1300. The lowest BCUT2D eigenvalue weighted by atomic mass is 10.0. The molecule has 2 aromatic carbocycles. The molecule has 166 valence electrons. The molecule has 0 aliphatic carbocycles. The van der Waals surface area contributed by atoms with Gasteiger partial charge >= 0.3 is 0 Å². The van der Waals surface area contributed by atoms with Crippen molar-refractivity contribution in [2.45, 2.75) is 37.2 Å². The van der Waals surface area contributed by atoms with Crippen molar-refractivity contribution in [3.8, 4) is 21.3 Å². The Balaban J connectivity index is 1.35. The highest BCUT2D eigenvalue weighted by Crippen LogP contribution is 2.31. The van der Waals surface area contributed by atoms with Crippen LogP contribution in [0, 0.1) is 0 Å². The van der Waals surface area contributed by atoms with E-state index in [1.165, 1.54) is 16.7 Å². The van der Waals surface area contributed by atoms with Crippen LogP contribution in [0.3, 0.4) is 0 Å². The Kier molecular flexibility index (Phi) is 6.71. The predicted molar refractivity (Wildman–Crippen MR) is 140 cm³/mol. The largest absolute Gasteiger partial charge is 0.297 e. The summed E-state index contributed by atoms with van der Waals surface area (Å²) in [6, 6.07) is 23.4. The monoisotopic (exact) mass is 488 g/mol.